The number of nitrogens with zero attached hydrogens (tertiary/aromatic N) is 1. The Morgan fingerprint density at radius 3 is 2.78 bits per heavy atom. The molecular weight excluding hydrogens is 292 g/mol. The van der Waals surface area contributed by atoms with E-state index in [-0.39, 0.29) is 17.7 Å². The van der Waals surface area contributed by atoms with E-state index in [1.54, 1.807) is 36.4 Å². The van der Waals surface area contributed by atoms with Crippen molar-refractivity contribution < 1.29 is 14.3 Å². The summed E-state index contributed by atoms with van der Waals surface area (Å²) in [6.45, 7) is 3.27. The fourth-order valence-electron chi connectivity index (χ4n) is 3.66. The maximum Gasteiger partial charge on any atom is 0.287 e. The van der Waals surface area contributed by atoms with Crippen molar-refractivity contribution >= 4 is 5.91 Å². The smallest absolute Gasteiger partial charge is 0.287 e. The number of piperidine rings is 1. The summed E-state index contributed by atoms with van der Waals surface area (Å²) in [6.07, 6.45) is 2.31. The summed E-state index contributed by atoms with van der Waals surface area (Å²) < 4.78 is 5.67. The highest BCUT2D eigenvalue weighted by Gasteiger charge is 2.33. The molecule has 1 amide bonds. The number of nitrogens with one attached hydrogen (secondary N) is 1. The van der Waals surface area contributed by atoms with E-state index in [0.717, 1.165) is 31.0 Å². The third kappa shape index (κ3) is 2.97. The van der Waals surface area contributed by atoms with E-state index in [1.165, 1.54) is 13.0 Å². The molecule has 3 heterocycles. The third-order valence-corrected chi connectivity index (χ3v) is 4.78. The van der Waals surface area contributed by atoms with Crippen molar-refractivity contribution in [2.24, 2.45) is 5.92 Å². The minimum Gasteiger partial charge on any atom is -0.508 e. The van der Waals surface area contributed by atoms with Gasteiger partial charge in [-0.1, -0.05) is 0 Å². The van der Waals surface area contributed by atoms with Crippen molar-refractivity contribution in [2.45, 2.75) is 18.9 Å². The molecule has 1 aromatic heterocycles. The molecule has 1 aromatic carbocycles. The van der Waals surface area contributed by atoms with E-state index >= 15 is 0 Å². The van der Waals surface area contributed by atoms with Crippen molar-refractivity contribution in [3.8, 4) is 17.1 Å². The number of aromatic hydroxyl groups is 1. The van der Waals surface area contributed by atoms with Crippen LogP contribution in [0, 0.1) is 5.92 Å². The number of carbonyl (C=O) groups is 1. The lowest BCUT2D eigenvalue weighted by Crippen LogP contribution is -2.46. The molecule has 0 spiro atoms. The summed E-state index contributed by atoms with van der Waals surface area (Å²) in [5.74, 6) is 1.74. The van der Waals surface area contributed by atoms with Gasteiger partial charge in [0.1, 0.15) is 11.5 Å². The summed E-state index contributed by atoms with van der Waals surface area (Å²) in [5.41, 5.74) is 0.837. The van der Waals surface area contributed by atoms with Gasteiger partial charge < -0.3 is 19.7 Å². The number of phenols is 1. The lowest BCUT2D eigenvalue weighted by atomic mass is 9.97. The molecule has 0 aliphatic carbocycles. The highest BCUT2D eigenvalue weighted by Crippen LogP contribution is 2.27. The number of carbonyl (C=O) groups excluding carboxylic acids is 1. The fourth-order valence-corrected chi connectivity index (χ4v) is 3.66. The Morgan fingerprint density at radius 2 is 2.00 bits per heavy atom. The van der Waals surface area contributed by atoms with E-state index in [0.29, 0.717) is 11.5 Å². The van der Waals surface area contributed by atoms with Crippen molar-refractivity contribution in [3.05, 3.63) is 42.2 Å². The predicted octanol–water partition coefficient (Wildman–Crippen LogP) is 2.48. The topological polar surface area (TPSA) is 65.7 Å². The van der Waals surface area contributed by atoms with Crippen LogP contribution in [0.2, 0.25) is 0 Å². The Balaban J connectivity index is 1.44. The van der Waals surface area contributed by atoms with Crippen molar-refractivity contribution in [1.29, 1.82) is 0 Å². The minimum atomic E-state index is -0.150. The third-order valence-electron chi connectivity index (χ3n) is 4.78. The largest absolute Gasteiger partial charge is 0.508 e. The van der Waals surface area contributed by atoms with Gasteiger partial charge in [-0.3, -0.25) is 4.79 Å². The Bertz CT molecular complexity index is 695. The summed E-state index contributed by atoms with van der Waals surface area (Å²) in [5, 5.41) is 12.4. The van der Waals surface area contributed by atoms with Crippen LogP contribution in [-0.4, -0.2) is 41.6 Å². The predicted molar refractivity (Wildman–Crippen MR) is 86.2 cm³/mol. The first-order valence-corrected chi connectivity index (χ1v) is 8.10. The molecule has 2 bridgehead atoms. The molecule has 5 heteroatoms. The van der Waals surface area contributed by atoms with Gasteiger partial charge in [-0.25, -0.2) is 0 Å². The molecule has 4 rings (SSSR count). The van der Waals surface area contributed by atoms with Gasteiger partial charge in [-0.2, -0.15) is 0 Å². The number of benzene rings is 1. The van der Waals surface area contributed by atoms with Crippen LogP contribution in [0.1, 0.15) is 23.4 Å². The zero-order valence-electron chi connectivity index (χ0n) is 12.9. The van der Waals surface area contributed by atoms with Gasteiger partial charge in [0.15, 0.2) is 5.76 Å². The molecule has 2 aromatic rings. The van der Waals surface area contributed by atoms with E-state index in [1.807, 2.05) is 0 Å². The normalized spacial score (nSPS) is 26.2. The zero-order valence-corrected chi connectivity index (χ0v) is 12.9. The summed E-state index contributed by atoms with van der Waals surface area (Å²) >= 11 is 0. The summed E-state index contributed by atoms with van der Waals surface area (Å²) in [4.78, 5) is 14.8. The van der Waals surface area contributed by atoms with E-state index in [9.17, 15) is 9.90 Å². The second-order valence-corrected chi connectivity index (χ2v) is 6.53. The quantitative estimate of drug-likeness (QED) is 0.914. The van der Waals surface area contributed by atoms with Crippen LogP contribution in [0.5, 0.6) is 5.75 Å². The van der Waals surface area contributed by atoms with Crippen molar-refractivity contribution in [2.75, 3.05) is 19.6 Å². The minimum absolute atomic E-state index is 0.150. The highest BCUT2D eigenvalue weighted by molar-refractivity contribution is 5.92. The SMILES string of the molecule is O=C(N[C@@H]1C[C@H]2CCN(C2)C1)c1ccc(-c2ccc(O)cc2)o1. The number of furan rings is 1. The molecule has 3 atom stereocenters. The van der Waals surface area contributed by atoms with Crippen LogP contribution in [0.25, 0.3) is 11.3 Å². The van der Waals surface area contributed by atoms with Crippen LogP contribution in [0.15, 0.2) is 40.8 Å². The molecule has 120 valence electrons. The second kappa shape index (κ2) is 5.74. The van der Waals surface area contributed by atoms with Crippen LogP contribution in [-0.2, 0) is 0 Å². The summed E-state index contributed by atoms with van der Waals surface area (Å²) in [6, 6.07) is 10.4. The van der Waals surface area contributed by atoms with E-state index < -0.39 is 0 Å². The number of hydrogen-bond donors (Lipinski definition) is 2. The maximum atomic E-state index is 12.4. The molecule has 2 N–H and O–H groups in total. The van der Waals surface area contributed by atoms with Crippen molar-refractivity contribution in [1.82, 2.24) is 10.2 Å². The fraction of sp³-hybridized carbons (Fsp3) is 0.389. The van der Waals surface area contributed by atoms with Crippen LogP contribution < -0.4 is 5.32 Å². The molecule has 2 aliphatic heterocycles. The van der Waals surface area contributed by atoms with E-state index in [2.05, 4.69) is 10.2 Å². The first-order chi connectivity index (χ1) is 11.2. The lowest BCUT2D eigenvalue weighted by molar-refractivity contribution is 0.0882. The van der Waals surface area contributed by atoms with Crippen LogP contribution >= 0.6 is 0 Å². The molecule has 2 saturated heterocycles. The standard InChI is InChI=1S/C18H20N2O3/c21-15-3-1-13(2-4-15)16-5-6-17(23-16)18(22)19-14-9-12-7-8-20(10-12)11-14/h1-6,12,14,21H,7-11H2,(H,19,22)/t12-,14-/m1/s1. The lowest BCUT2D eigenvalue weighted by Gasteiger charge is -2.30. The first kappa shape index (κ1) is 14.3. The summed E-state index contributed by atoms with van der Waals surface area (Å²) in [7, 11) is 0. The van der Waals surface area contributed by atoms with Gasteiger partial charge in [0, 0.05) is 24.7 Å². The Labute approximate surface area is 134 Å². The molecule has 23 heavy (non-hydrogen) atoms. The molecule has 0 saturated carbocycles. The average Bonchev–Trinajstić information content (AvgIpc) is 3.15. The number of phenolic OH excluding ortho intramolecular Hbond substituents is 1. The Morgan fingerprint density at radius 1 is 1.17 bits per heavy atom. The van der Waals surface area contributed by atoms with Crippen LogP contribution in [0.4, 0.5) is 0 Å². The first-order valence-electron chi connectivity index (χ1n) is 8.10. The van der Waals surface area contributed by atoms with Gasteiger partial charge >= 0.3 is 0 Å². The van der Waals surface area contributed by atoms with Gasteiger partial charge in [-0.05, 0) is 61.7 Å². The molecule has 2 aliphatic rings. The molecular formula is C18H20N2O3. The molecule has 1 unspecified atom stereocenters. The van der Waals surface area contributed by atoms with E-state index in [4.69, 9.17) is 4.42 Å². The molecule has 2 fully saturated rings. The van der Waals surface area contributed by atoms with Gasteiger partial charge in [0.05, 0.1) is 0 Å². The van der Waals surface area contributed by atoms with Crippen LogP contribution in [0.3, 0.4) is 0 Å². The Hall–Kier alpha value is -2.27. The second-order valence-electron chi connectivity index (χ2n) is 6.53. The number of hydrogen-bond acceptors (Lipinski definition) is 4. The maximum absolute atomic E-state index is 12.4. The number of rotatable bonds is 3. The number of amides is 1. The van der Waals surface area contributed by atoms with Gasteiger partial charge in [0.25, 0.3) is 5.91 Å². The molecule has 5 nitrogen and oxygen atoms in total. The van der Waals surface area contributed by atoms with Crippen molar-refractivity contribution in [3.63, 3.8) is 0 Å². The Kier molecular flexibility index (Phi) is 3.58. The molecule has 0 radical (unpaired) electrons. The highest BCUT2D eigenvalue weighted by atomic mass is 16.3. The van der Waals surface area contributed by atoms with Gasteiger partial charge in [0.2, 0.25) is 0 Å². The zero-order chi connectivity index (χ0) is 15.8. The monoisotopic (exact) mass is 312 g/mol. The number of fused-ring (bicyclic) bond motifs is 2. The van der Waals surface area contributed by atoms with Gasteiger partial charge in [-0.15, -0.1) is 0 Å². The average molecular weight is 312 g/mol.